The Morgan fingerprint density at radius 2 is 1.58 bits per heavy atom. The molecule has 0 saturated carbocycles. The molecule has 3 rings (SSSR count). The van der Waals surface area contributed by atoms with E-state index in [2.05, 4.69) is 77.8 Å². The summed E-state index contributed by atoms with van der Waals surface area (Å²) >= 11 is 0. The van der Waals surface area contributed by atoms with E-state index >= 15 is 0 Å². The molecular formula is C21H28N2O. The van der Waals surface area contributed by atoms with Gasteiger partial charge in [0.1, 0.15) is 0 Å². The fourth-order valence-electron chi connectivity index (χ4n) is 3.41. The predicted octanol–water partition coefficient (Wildman–Crippen LogP) is 4.17. The van der Waals surface area contributed by atoms with Crippen LogP contribution < -0.4 is 5.32 Å². The van der Waals surface area contributed by atoms with Crippen molar-refractivity contribution in [3.63, 3.8) is 0 Å². The minimum Gasteiger partial charge on any atom is -0.379 e. The van der Waals surface area contributed by atoms with Crippen molar-refractivity contribution < 1.29 is 4.74 Å². The van der Waals surface area contributed by atoms with Crippen LogP contribution in [0.4, 0.5) is 5.69 Å². The third-order valence-electron chi connectivity index (χ3n) is 4.83. The fourth-order valence-corrected chi connectivity index (χ4v) is 3.41. The van der Waals surface area contributed by atoms with Gasteiger partial charge in [0.05, 0.1) is 12.1 Å². The summed E-state index contributed by atoms with van der Waals surface area (Å²) in [4.78, 5) is 2.55. The molecule has 0 aromatic heterocycles. The molecule has 1 heterocycles. The van der Waals surface area contributed by atoms with Crippen LogP contribution in [0.3, 0.4) is 0 Å². The first-order valence-corrected chi connectivity index (χ1v) is 8.97. The number of piperidine rings is 1. The third-order valence-corrected chi connectivity index (χ3v) is 4.83. The summed E-state index contributed by atoms with van der Waals surface area (Å²) in [5.74, 6) is 0. The zero-order chi connectivity index (χ0) is 16.7. The molecule has 1 N–H and O–H groups in total. The van der Waals surface area contributed by atoms with Crippen LogP contribution in [0.25, 0.3) is 0 Å². The van der Waals surface area contributed by atoms with Crippen LogP contribution in [-0.4, -0.2) is 36.7 Å². The summed E-state index contributed by atoms with van der Waals surface area (Å²) in [7, 11) is 0. The molecule has 0 amide bonds. The zero-order valence-corrected chi connectivity index (χ0v) is 14.6. The lowest BCUT2D eigenvalue weighted by molar-refractivity contribution is 0.0631. The van der Waals surface area contributed by atoms with Crippen molar-refractivity contribution in [2.45, 2.75) is 31.8 Å². The lowest BCUT2D eigenvalue weighted by atomic mass is 9.87. The van der Waals surface area contributed by atoms with Crippen molar-refractivity contribution in [1.29, 1.82) is 0 Å². The van der Waals surface area contributed by atoms with Gasteiger partial charge in [-0.15, -0.1) is 0 Å². The van der Waals surface area contributed by atoms with Gasteiger partial charge >= 0.3 is 0 Å². The molecule has 1 aliphatic rings. The van der Waals surface area contributed by atoms with Crippen LogP contribution in [0.1, 0.15) is 25.3 Å². The Morgan fingerprint density at radius 1 is 0.958 bits per heavy atom. The summed E-state index contributed by atoms with van der Waals surface area (Å²) in [6, 6.07) is 21.3. The maximum absolute atomic E-state index is 5.82. The maximum Gasteiger partial charge on any atom is 0.0697 e. The van der Waals surface area contributed by atoms with Crippen molar-refractivity contribution in [2.24, 2.45) is 0 Å². The quantitative estimate of drug-likeness (QED) is 0.827. The van der Waals surface area contributed by atoms with Crippen molar-refractivity contribution in [2.75, 3.05) is 31.6 Å². The molecule has 128 valence electrons. The smallest absolute Gasteiger partial charge is 0.0697 e. The summed E-state index contributed by atoms with van der Waals surface area (Å²) in [6.45, 7) is 6.85. The Hall–Kier alpha value is -1.84. The second-order valence-electron chi connectivity index (χ2n) is 6.67. The molecule has 0 radical (unpaired) electrons. The van der Waals surface area contributed by atoms with E-state index in [0.29, 0.717) is 0 Å². The number of anilines is 1. The fraction of sp³-hybridized carbons (Fsp3) is 0.429. The van der Waals surface area contributed by atoms with Gasteiger partial charge in [0.25, 0.3) is 0 Å². The van der Waals surface area contributed by atoms with E-state index in [1.807, 2.05) is 0 Å². The molecular weight excluding hydrogens is 296 g/mol. The van der Waals surface area contributed by atoms with E-state index in [1.165, 1.54) is 11.3 Å². The van der Waals surface area contributed by atoms with E-state index in [9.17, 15) is 0 Å². The van der Waals surface area contributed by atoms with Gasteiger partial charge < -0.3 is 10.1 Å². The SMILES string of the molecule is CCOCC1(Nc2ccccc2)CCN(Cc2ccccc2)CC1. The van der Waals surface area contributed by atoms with Gasteiger partial charge in [-0.05, 0) is 37.5 Å². The Kier molecular flexibility index (Phi) is 5.89. The first kappa shape index (κ1) is 17.0. The van der Waals surface area contributed by atoms with Crippen LogP contribution in [0.15, 0.2) is 60.7 Å². The first-order chi connectivity index (χ1) is 11.8. The zero-order valence-electron chi connectivity index (χ0n) is 14.6. The highest BCUT2D eigenvalue weighted by Gasteiger charge is 2.34. The van der Waals surface area contributed by atoms with Crippen LogP contribution >= 0.6 is 0 Å². The molecule has 1 saturated heterocycles. The van der Waals surface area contributed by atoms with Crippen molar-refractivity contribution >= 4 is 5.69 Å². The average Bonchev–Trinajstić information content (AvgIpc) is 2.64. The van der Waals surface area contributed by atoms with Crippen LogP contribution in [0.5, 0.6) is 0 Å². The largest absolute Gasteiger partial charge is 0.379 e. The van der Waals surface area contributed by atoms with Gasteiger partial charge in [-0.25, -0.2) is 0 Å². The molecule has 3 heteroatoms. The molecule has 24 heavy (non-hydrogen) atoms. The normalized spacial score (nSPS) is 17.5. The molecule has 3 nitrogen and oxygen atoms in total. The molecule has 0 unspecified atom stereocenters. The summed E-state index contributed by atoms with van der Waals surface area (Å²) in [6.07, 6.45) is 2.21. The number of hydrogen-bond donors (Lipinski definition) is 1. The first-order valence-electron chi connectivity index (χ1n) is 8.97. The number of rotatable bonds is 7. The van der Waals surface area contributed by atoms with Crippen LogP contribution in [0, 0.1) is 0 Å². The minimum absolute atomic E-state index is 0.0462. The number of nitrogens with zero attached hydrogens (tertiary/aromatic N) is 1. The van der Waals surface area contributed by atoms with E-state index in [4.69, 9.17) is 4.74 Å². The average molecular weight is 324 g/mol. The molecule has 0 bridgehead atoms. The van der Waals surface area contributed by atoms with Gasteiger partial charge in [0, 0.05) is 31.9 Å². The predicted molar refractivity (Wildman–Crippen MR) is 100 cm³/mol. The highest BCUT2D eigenvalue weighted by Crippen LogP contribution is 2.28. The summed E-state index contributed by atoms with van der Waals surface area (Å²) in [5, 5.41) is 3.76. The number of ether oxygens (including phenoxy) is 1. The number of likely N-dealkylation sites (tertiary alicyclic amines) is 1. The van der Waals surface area contributed by atoms with Crippen molar-refractivity contribution in [3.05, 3.63) is 66.2 Å². The molecule has 0 aliphatic carbocycles. The Bertz CT molecular complexity index is 592. The van der Waals surface area contributed by atoms with Gasteiger partial charge in [-0.3, -0.25) is 4.90 Å². The van der Waals surface area contributed by atoms with E-state index < -0.39 is 0 Å². The molecule has 0 spiro atoms. The van der Waals surface area contributed by atoms with Crippen molar-refractivity contribution in [3.8, 4) is 0 Å². The van der Waals surface area contributed by atoms with Crippen LogP contribution in [-0.2, 0) is 11.3 Å². The van der Waals surface area contributed by atoms with E-state index in [1.54, 1.807) is 0 Å². The number of benzene rings is 2. The maximum atomic E-state index is 5.82. The van der Waals surface area contributed by atoms with Crippen LogP contribution in [0.2, 0.25) is 0 Å². The molecule has 2 aromatic carbocycles. The Morgan fingerprint density at radius 3 is 2.21 bits per heavy atom. The summed E-state index contributed by atoms with van der Waals surface area (Å²) in [5.41, 5.74) is 2.63. The second kappa shape index (κ2) is 8.32. The van der Waals surface area contributed by atoms with E-state index in [0.717, 1.165) is 45.7 Å². The standard InChI is InChI=1S/C21H28N2O/c1-2-24-18-21(22-20-11-7-4-8-12-20)13-15-23(16-14-21)17-19-9-5-3-6-10-19/h3-12,22H,2,13-18H2,1H3. The highest BCUT2D eigenvalue weighted by molar-refractivity contribution is 5.45. The molecule has 0 atom stereocenters. The Labute approximate surface area is 145 Å². The molecule has 1 aliphatic heterocycles. The molecule has 2 aromatic rings. The lowest BCUT2D eigenvalue weighted by Crippen LogP contribution is -2.52. The molecule has 1 fully saturated rings. The van der Waals surface area contributed by atoms with E-state index in [-0.39, 0.29) is 5.54 Å². The monoisotopic (exact) mass is 324 g/mol. The third kappa shape index (κ3) is 4.59. The minimum atomic E-state index is 0.0462. The summed E-state index contributed by atoms with van der Waals surface area (Å²) < 4.78 is 5.82. The second-order valence-corrected chi connectivity index (χ2v) is 6.67. The van der Waals surface area contributed by atoms with Gasteiger partial charge in [-0.2, -0.15) is 0 Å². The van der Waals surface area contributed by atoms with Gasteiger partial charge in [0.15, 0.2) is 0 Å². The van der Waals surface area contributed by atoms with Crippen molar-refractivity contribution in [1.82, 2.24) is 4.90 Å². The highest BCUT2D eigenvalue weighted by atomic mass is 16.5. The number of nitrogens with one attached hydrogen (secondary N) is 1. The van der Waals surface area contributed by atoms with Gasteiger partial charge in [0.2, 0.25) is 0 Å². The topological polar surface area (TPSA) is 24.5 Å². The number of para-hydroxylation sites is 1. The Balaban J connectivity index is 1.62. The lowest BCUT2D eigenvalue weighted by Gasteiger charge is -2.43. The van der Waals surface area contributed by atoms with Gasteiger partial charge in [-0.1, -0.05) is 48.5 Å². The number of hydrogen-bond acceptors (Lipinski definition) is 3.